The molecule has 1 aliphatic heterocycles. The third-order valence-electron chi connectivity index (χ3n) is 3.81. The van der Waals surface area contributed by atoms with E-state index >= 15 is 0 Å². The van der Waals surface area contributed by atoms with E-state index in [0.717, 1.165) is 18.8 Å². The standard InChI is InChI=1S/C16H17N3O4/c20-16(17-13-5-1-2-6-14(13)19(21)22)15-8-7-12(23-15)11-18-9-3-4-10-18/h1-2,5-8H,3-4,9-11H2,(H,17,20). The van der Waals surface area contributed by atoms with E-state index in [9.17, 15) is 14.9 Å². The first-order valence-electron chi connectivity index (χ1n) is 7.49. The van der Waals surface area contributed by atoms with Gasteiger partial charge in [-0.05, 0) is 44.1 Å². The van der Waals surface area contributed by atoms with Crippen molar-refractivity contribution in [3.63, 3.8) is 0 Å². The van der Waals surface area contributed by atoms with Crippen LogP contribution in [0.5, 0.6) is 0 Å². The van der Waals surface area contributed by atoms with E-state index in [4.69, 9.17) is 4.42 Å². The molecule has 1 fully saturated rings. The summed E-state index contributed by atoms with van der Waals surface area (Å²) in [7, 11) is 0. The van der Waals surface area contributed by atoms with Crippen molar-refractivity contribution in [3.05, 3.63) is 58.0 Å². The van der Waals surface area contributed by atoms with Crippen LogP contribution in [-0.2, 0) is 6.54 Å². The molecular weight excluding hydrogens is 298 g/mol. The Morgan fingerprint density at radius 2 is 1.96 bits per heavy atom. The number of nitrogens with zero attached hydrogens (tertiary/aromatic N) is 2. The van der Waals surface area contributed by atoms with Gasteiger partial charge in [-0.15, -0.1) is 0 Å². The monoisotopic (exact) mass is 315 g/mol. The third kappa shape index (κ3) is 3.57. The summed E-state index contributed by atoms with van der Waals surface area (Å²) in [4.78, 5) is 24.9. The molecule has 0 aliphatic carbocycles. The molecule has 7 heteroatoms. The van der Waals surface area contributed by atoms with Gasteiger partial charge in [-0.25, -0.2) is 0 Å². The maximum absolute atomic E-state index is 12.2. The van der Waals surface area contributed by atoms with Crippen LogP contribution in [0.25, 0.3) is 0 Å². The number of likely N-dealkylation sites (tertiary alicyclic amines) is 1. The highest BCUT2D eigenvalue weighted by Crippen LogP contribution is 2.24. The zero-order chi connectivity index (χ0) is 16.2. The number of nitrogens with one attached hydrogen (secondary N) is 1. The summed E-state index contributed by atoms with van der Waals surface area (Å²) in [6.07, 6.45) is 2.37. The van der Waals surface area contributed by atoms with Crippen molar-refractivity contribution in [3.8, 4) is 0 Å². The van der Waals surface area contributed by atoms with Crippen LogP contribution >= 0.6 is 0 Å². The van der Waals surface area contributed by atoms with Crippen LogP contribution in [0.1, 0.15) is 29.2 Å². The van der Waals surface area contributed by atoms with Crippen LogP contribution in [-0.4, -0.2) is 28.8 Å². The fourth-order valence-electron chi connectivity index (χ4n) is 2.67. The summed E-state index contributed by atoms with van der Waals surface area (Å²) in [5, 5.41) is 13.5. The molecule has 120 valence electrons. The number of hydrogen-bond donors (Lipinski definition) is 1. The lowest BCUT2D eigenvalue weighted by molar-refractivity contribution is -0.383. The fraction of sp³-hybridized carbons (Fsp3) is 0.312. The average molecular weight is 315 g/mol. The Morgan fingerprint density at radius 1 is 1.22 bits per heavy atom. The smallest absolute Gasteiger partial charge is 0.292 e. The maximum Gasteiger partial charge on any atom is 0.292 e. The van der Waals surface area contributed by atoms with Gasteiger partial charge in [0.2, 0.25) is 0 Å². The molecule has 1 aromatic heterocycles. The van der Waals surface area contributed by atoms with E-state index in [0.29, 0.717) is 6.54 Å². The molecule has 23 heavy (non-hydrogen) atoms. The van der Waals surface area contributed by atoms with Gasteiger partial charge in [0.15, 0.2) is 5.76 Å². The number of rotatable bonds is 5. The summed E-state index contributed by atoms with van der Waals surface area (Å²) < 4.78 is 5.56. The minimum atomic E-state index is -0.531. The van der Waals surface area contributed by atoms with Crippen LogP contribution in [0.15, 0.2) is 40.8 Å². The Balaban J connectivity index is 1.69. The summed E-state index contributed by atoms with van der Waals surface area (Å²) in [5.74, 6) is 0.379. The average Bonchev–Trinajstić information content (AvgIpc) is 3.20. The molecule has 1 saturated heterocycles. The highest BCUT2D eigenvalue weighted by atomic mass is 16.6. The van der Waals surface area contributed by atoms with E-state index in [1.54, 1.807) is 24.3 Å². The zero-order valence-electron chi connectivity index (χ0n) is 12.5. The summed E-state index contributed by atoms with van der Waals surface area (Å²) >= 11 is 0. The van der Waals surface area contributed by atoms with E-state index in [1.165, 1.54) is 25.0 Å². The first kappa shape index (κ1) is 15.2. The van der Waals surface area contributed by atoms with E-state index in [1.807, 2.05) is 0 Å². The van der Waals surface area contributed by atoms with Gasteiger partial charge in [-0.1, -0.05) is 12.1 Å². The van der Waals surface area contributed by atoms with Crippen molar-refractivity contribution < 1.29 is 14.1 Å². The van der Waals surface area contributed by atoms with Gasteiger partial charge in [-0.2, -0.15) is 0 Å². The topological polar surface area (TPSA) is 88.6 Å². The maximum atomic E-state index is 12.2. The quantitative estimate of drug-likeness (QED) is 0.676. The molecule has 2 heterocycles. The Hall–Kier alpha value is -2.67. The zero-order valence-corrected chi connectivity index (χ0v) is 12.5. The van der Waals surface area contributed by atoms with Gasteiger partial charge in [0.1, 0.15) is 11.4 Å². The van der Waals surface area contributed by atoms with Gasteiger partial charge < -0.3 is 9.73 Å². The van der Waals surface area contributed by atoms with Crippen molar-refractivity contribution in [1.29, 1.82) is 0 Å². The number of nitro groups is 1. The number of carbonyl (C=O) groups is 1. The van der Waals surface area contributed by atoms with Gasteiger partial charge in [0, 0.05) is 6.07 Å². The first-order chi connectivity index (χ1) is 11.1. The van der Waals surface area contributed by atoms with Crippen molar-refractivity contribution in [2.45, 2.75) is 19.4 Å². The molecule has 0 unspecified atom stereocenters. The van der Waals surface area contributed by atoms with Crippen molar-refractivity contribution in [2.24, 2.45) is 0 Å². The number of nitro benzene ring substituents is 1. The van der Waals surface area contributed by atoms with Gasteiger partial charge in [0.05, 0.1) is 11.5 Å². The normalized spacial score (nSPS) is 14.8. The molecule has 0 saturated carbocycles. The number of benzene rings is 1. The minimum Gasteiger partial charge on any atom is -0.455 e. The van der Waals surface area contributed by atoms with Crippen LogP contribution in [0, 0.1) is 10.1 Å². The van der Waals surface area contributed by atoms with Crippen molar-refractivity contribution >= 4 is 17.3 Å². The second-order valence-electron chi connectivity index (χ2n) is 5.48. The van der Waals surface area contributed by atoms with Gasteiger partial charge in [-0.3, -0.25) is 19.8 Å². The Bertz CT molecular complexity index is 720. The Kier molecular flexibility index (Phi) is 4.38. The highest BCUT2D eigenvalue weighted by molar-refractivity contribution is 6.03. The molecule has 0 spiro atoms. The lowest BCUT2D eigenvalue weighted by Crippen LogP contribution is -2.18. The molecule has 0 atom stereocenters. The molecule has 0 radical (unpaired) electrons. The van der Waals surface area contributed by atoms with Crippen LogP contribution in [0.3, 0.4) is 0 Å². The Labute approximate surface area is 133 Å². The second-order valence-corrected chi connectivity index (χ2v) is 5.48. The molecule has 1 N–H and O–H groups in total. The van der Waals surface area contributed by atoms with Crippen LogP contribution in [0.2, 0.25) is 0 Å². The third-order valence-corrected chi connectivity index (χ3v) is 3.81. The number of anilines is 1. The van der Waals surface area contributed by atoms with Crippen LogP contribution < -0.4 is 5.32 Å². The van der Waals surface area contributed by atoms with Gasteiger partial charge >= 0.3 is 0 Å². The molecule has 2 aromatic rings. The molecule has 3 rings (SSSR count). The molecule has 7 nitrogen and oxygen atoms in total. The molecule has 1 aromatic carbocycles. The largest absolute Gasteiger partial charge is 0.455 e. The van der Waals surface area contributed by atoms with Crippen molar-refractivity contribution in [1.82, 2.24) is 4.90 Å². The number of furan rings is 1. The molecule has 1 aliphatic rings. The number of hydrogen-bond acceptors (Lipinski definition) is 5. The van der Waals surface area contributed by atoms with Crippen LogP contribution in [0.4, 0.5) is 11.4 Å². The molecule has 0 bridgehead atoms. The second kappa shape index (κ2) is 6.62. The molecule has 1 amide bonds. The number of carbonyl (C=O) groups excluding carboxylic acids is 1. The predicted octanol–water partition coefficient (Wildman–Crippen LogP) is 3.04. The minimum absolute atomic E-state index is 0.148. The number of amides is 1. The first-order valence-corrected chi connectivity index (χ1v) is 7.49. The summed E-state index contributed by atoms with van der Waals surface area (Å²) in [6.45, 7) is 2.76. The fourth-order valence-corrected chi connectivity index (χ4v) is 2.67. The highest BCUT2D eigenvalue weighted by Gasteiger charge is 2.19. The summed E-state index contributed by atoms with van der Waals surface area (Å²) in [5.41, 5.74) is 0.00434. The predicted molar refractivity (Wildman–Crippen MR) is 84.3 cm³/mol. The van der Waals surface area contributed by atoms with E-state index in [2.05, 4.69) is 10.2 Å². The van der Waals surface area contributed by atoms with Gasteiger partial charge in [0.25, 0.3) is 11.6 Å². The number of para-hydroxylation sites is 2. The van der Waals surface area contributed by atoms with E-state index in [-0.39, 0.29) is 17.1 Å². The van der Waals surface area contributed by atoms with Crippen molar-refractivity contribution in [2.75, 3.05) is 18.4 Å². The SMILES string of the molecule is O=C(Nc1ccccc1[N+](=O)[O-])c1ccc(CN2CCCC2)o1. The summed E-state index contributed by atoms with van der Waals surface area (Å²) in [6, 6.07) is 9.38. The molecular formula is C16H17N3O4. The lowest BCUT2D eigenvalue weighted by Gasteiger charge is -2.11. The lowest BCUT2D eigenvalue weighted by atomic mass is 10.2. The van der Waals surface area contributed by atoms with E-state index < -0.39 is 10.8 Å². The Morgan fingerprint density at radius 3 is 2.70 bits per heavy atom.